The van der Waals surface area contributed by atoms with E-state index in [1.165, 1.54) is 49.7 Å². The highest BCUT2D eigenvalue weighted by Crippen LogP contribution is 2.54. The first-order valence-corrected chi connectivity index (χ1v) is 19.0. The largest absolute Gasteiger partial charge is 0.309 e. The van der Waals surface area contributed by atoms with Crippen molar-refractivity contribution in [1.29, 1.82) is 0 Å². The van der Waals surface area contributed by atoms with Crippen molar-refractivity contribution < 1.29 is 0 Å². The minimum absolute atomic E-state index is 0.585. The topological polar surface area (TPSA) is 43.6 Å². The maximum atomic E-state index is 5.04. The third-order valence-corrected chi connectivity index (χ3v) is 11.3. The summed E-state index contributed by atoms with van der Waals surface area (Å²) in [6, 6.07) is 73.6. The van der Waals surface area contributed by atoms with E-state index in [0.717, 1.165) is 27.8 Å². The highest BCUT2D eigenvalue weighted by atomic mass is 15.0. The van der Waals surface area contributed by atoms with Crippen LogP contribution in [0, 0.1) is 0 Å². The lowest BCUT2D eigenvalue weighted by Gasteiger charge is -2.42. The number of nitrogens with zero attached hydrogens (tertiary/aromatic N) is 4. The van der Waals surface area contributed by atoms with Crippen molar-refractivity contribution in [2.24, 2.45) is 0 Å². The minimum atomic E-state index is -0.585. The molecule has 2 aromatic heterocycles. The zero-order valence-corrected chi connectivity index (χ0v) is 30.4. The Hall–Kier alpha value is -7.43. The molecule has 4 nitrogen and oxygen atoms in total. The van der Waals surface area contributed by atoms with Gasteiger partial charge in [0, 0.05) is 27.5 Å². The Morgan fingerprint density at radius 2 is 0.821 bits per heavy atom. The van der Waals surface area contributed by atoms with Gasteiger partial charge in [0.05, 0.1) is 22.1 Å². The number of hydrogen-bond acceptors (Lipinski definition) is 3. The van der Waals surface area contributed by atoms with Crippen LogP contribution >= 0.6 is 0 Å². The molecule has 1 aliphatic rings. The lowest BCUT2D eigenvalue weighted by molar-refractivity contribution is 0.728. The first-order chi connectivity index (χ1) is 27.8. The summed E-state index contributed by atoms with van der Waals surface area (Å²) in [5, 5.41) is 2.52. The van der Waals surface area contributed by atoms with Crippen LogP contribution in [0.4, 0.5) is 0 Å². The Bertz CT molecular complexity index is 3020. The van der Waals surface area contributed by atoms with Crippen LogP contribution < -0.4 is 0 Å². The molecule has 0 saturated carbocycles. The maximum absolute atomic E-state index is 5.04. The molecule has 0 bridgehead atoms. The second kappa shape index (κ2) is 12.9. The minimum Gasteiger partial charge on any atom is -0.309 e. The van der Waals surface area contributed by atoms with E-state index in [1.54, 1.807) is 0 Å². The van der Waals surface area contributed by atoms with Gasteiger partial charge in [-0.2, -0.15) is 0 Å². The molecule has 0 amide bonds. The molecule has 0 aliphatic carbocycles. The van der Waals surface area contributed by atoms with Gasteiger partial charge in [-0.15, -0.1) is 0 Å². The van der Waals surface area contributed by atoms with Gasteiger partial charge in [-0.05, 0) is 57.6 Å². The summed E-state index contributed by atoms with van der Waals surface area (Å²) >= 11 is 0. The summed E-state index contributed by atoms with van der Waals surface area (Å²) in [5.41, 5.74) is 13.1. The van der Waals surface area contributed by atoms with Gasteiger partial charge in [0.2, 0.25) is 0 Å². The predicted octanol–water partition coefficient (Wildman–Crippen LogP) is 12.3. The smallest absolute Gasteiger partial charge is 0.164 e. The van der Waals surface area contributed by atoms with Crippen molar-refractivity contribution in [3.63, 3.8) is 0 Å². The van der Waals surface area contributed by atoms with E-state index in [4.69, 9.17) is 15.0 Å². The molecule has 1 unspecified atom stereocenters. The highest BCUT2D eigenvalue weighted by molar-refractivity contribution is 6.12. The number of para-hydroxylation sites is 3. The Morgan fingerprint density at radius 3 is 1.55 bits per heavy atom. The number of benzene rings is 8. The fraction of sp³-hybridized carbons (Fsp3) is 0.0192. The van der Waals surface area contributed by atoms with Crippen molar-refractivity contribution in [3.05, 3.63) is 229 Å². The summed E-state index contributed by atoms with van der Waals surface area (Å²) in [6.07, 6.45) is 0. The molecule has 10 aromatic rings. The van der Waals surface area contributed by atoms with Crippen LogP contribution in [0.25, 0.3) is 72.8 Å². The van der Waals surface area contributed by atoms with E-state index >= 15 is 0 Å². The van der Waals surface area contributed by atoms with Crippen LogP contribution in [-0.4, -0.2) is 19.5 Å². The van der Waals surface area contributed by atoms with Crippen LogP contribution in [0.15, 0.2) is 206 Å². The number of rotatable bonds is 6. The zero-order valence-electron chi connectivity index (χ0n) is 30.4. The molecule has 0 radical (unpaired) electrons. The molecule has 0 N–H and O–H groups in total. The van der Waals surface area contributed by atoms with E-state index in [-0.39, 0.29) is 0 Å². The Labute approximate surface area is 325 Å². The zero-order chi connectivity index (χ0) is 37.1. The summed E-state index contributed by atoms with van der Waals surface area (Å²) in [4.78, 5) is 15.0. The van der Waals surface area contributed by atoms with Crippen molar-refractivity contribution in [2.75, 3.05) is 0 Å². The third kappa shape index (κ3) is 4.89. The SMILES string of the molecule is c1ccc(-c2nc(-c3ccccc3)nc(-c3cccc(-c4cccc(C5(c6ccccc6)c6ccccc6-n6c7ccccc7c7cccc5c76)c4)c3)n2)cc1. The molecule has 56 heavy (non-hydrogen) atoms. The van der Waals surface area contributed by atoms with E-state index in [1.807, 2.05) is 60.7 Å². The quantitative estimate of drug-likeness (QED) is 0.172. The molecule has 1 aliphatic heterocycles. The van der Waals surface area contributed by atoms with Crippen molar-refractivity contribution in [3.8, 4) is 51.0 Å². The second-order valence-electron chi connectivity index (χ2n) is 14.4. The standard InChI is InChI=1S/C52H34N4/c1-4-17-35(18-5-1)49-53-50(36-19-6-2-7-20-36)55-51(54-49)39-23-14-21-37(33-39)38-22-15-26-41(34-38)52(40-24-8-3-9-25-40)44-29-11-13-32-47(44)56-46-31-12-10-27-42(46)43-28-16-30-45(52)48(43)56/h1-34H. The molecule has 1 atom stereocenters. The Kier molecular flexibility index (Phi) is 7.36. The molecule has 4 heteroatoms. The Morgan fingerprint density at radius 1 is 0.339 bits per heavy atom. The van der Waals surface area contributed by atoms with Gasteiger partial charge in [-0.1, -0.05) is 182 Å². The van der Waals surface area contributed by atoms with Crippen molar-refractivity contribution in [1.82, 2.24) is 19.5 Å². The average molecular weight is 715 g/mol. The summed E-state index contributed by atoms with van der Waals surface area (Å²) in [7, 11) is 0. The highest BCUT2D eigenvalue weighted by Gasteiger charge is 2.45. The summed E-state index contributed by atoms with van der Waals surface area (Å²) in [6.45, 7) is 0. The molecule has 8 aromatic carbocycles. The molecule has 0 fully saturated rings. The van der Waals surface area contributed by atoms with Crippen molar-refractivity contribution >= 4 is 21.8 Å². The number of fused-ring (bicyclic) bond motifs is 5. The first-order valence-electron chi connectivity index (χ1n) is 19.0. The lowest BCUT2D eigenvalue weighted by atomic mass is 9.63. The average Bonchev–Trinajstić information content (AvgIpc) is 3.63. The van der Waals surface area contributed by atoms with E-state index < -0.39 is 5.41 Å². The number of hydrogen-bond donors (Lipinski definition) is 0. The van der Waals surface area contributed by atoms with Gasteiger partial charge in [0.25, 0.3) is 0 Å². The van der Waals surface area contributed by atoms with Gasteiger partial charge in [-0.25, -0.2) is 15.0 Å². The Balaban J connectivity index is 1.12. The fourth-order valence-electron chi connectivity index (χ4n) is 8.89. The molecule has 0 saturated heterocycles. The fourth-order valence-corrected chi connectivity index (χ4v) is 8.89. The van der Waals surface area contributed by atoms with Crippen molar-refractivity contribution in [2.45, 2.75) is 5.41 Å². The van der Waals surface area contributed by atoms with Crippen LogP contribution in [0.5, 0.6) is 0 Å². The monoisotopic (exact) mass is 714 g/mol. The third-order valence-electron chi connectivity index (χ3n) is 11.3. The van der Waals surface area contributed by atoms with E-state index in [2.05, 4.69) is 150 Å². The lowest BCUT2D eigenvalue weighted by Crippen LogP contribution is -2.35. The van der Waals surface area contributed by atoms with E-state index in [9.17, 15) is 0 Å². The molecular weight excluding hydrogens is 681 g/mol. The van der Waals surface area contributed by atoms with Crippen LogP contribution in [0.3, 0.4) is 0 Å². The summed E-state index contributed by atoms with van der Waals surface area (Å²) in [5.74, 6) is 1.93. The van der Waals surface area contributed by atoms with E-state index in [0.29, 0.717) is 17.5 Å². The van der Waals surface area contributed by atoms with Gasteiger partial charge in [0.15, 0.2) is 17.5 Å². The van der Waals surface area contributed by atoms with Gasteiger partial charge in [0.1, 0.15) is 0 Å². The normalized spacial score (nSPS) is 14.5. The van der Waals surface area contributed by atoms with Crippen LogP contribution in [-0.2, 0) is 5.41 Å². The molecule has 11 rings (SSSR count). The van der Waals surface area contributed by atoms with Gasteiger partial charge >= 0.3 is 0 Å². The molecular formula is C52H34N4. The predicted molar refractivity (Wildman–Crippen MR) is 228 cm³/mol. The number of aromatic nitrogens is 4. The summed E-state index contributed by atoms with van der Waals surface area (Å²) < 4.78 is 2.48. The van der Waals surface area contributed by atoms with Gasteiger partial charge in [-0.3, -0.25) is 0 Å². The maximum Gasteiger partial charge on any atom is 0.164 e. The van der Waals surface area contributed by atoms with Crippen LogP contribution in [0.2, 0.25) is 0 Å². The molecule has 3 heterocycles. The van der Waals surface area contributed by atoms with Crippen LogP contribution in [0.1, 0.15) is 22.3 Å². The van der Waals surface area contributed by atoms with Gasteiger partial charge < -0.3 is 4.57 Å². The second-order valence-corrected chi connectivity index (χ2v) is 14.4. The molecule has 0 spiro atoms. The first kappa shape index (κ1) is 32.0. The molecule has 262 valence electrons.